The van der Waals surface area contributed by atoms with Crippen LogP contribution < -0.4 is 0 Å². The van der Waals surface area contributed by atoms with Crippen molar-refractivity contribution in [3.63, 3.8) is 0 Å². The van der Waals surface area contributed by atoms with Gasteiger partial charge in [0.15, 0.2) is 0 Å². The van der Waals surface area contributed by atoms with Crippen molar-refractivity contribution in [3.05, 3.63) is 48.2 Å². The van der Waals surface area contributed by atoms with E-state index in [0.29, 0.717) is 0 Å². The molecular formula is C10H14OSi. The van der Waals surface area contributed by atoms with E-state index in [2.05, 4.69) is 18.7 Å². The van der Waals surface area contributed by atoms with Crippen LogP contribution in [-0.4, -0.2) is 15.7 Å². The average Bonchev–Trinajstić information content (AvgIpc) is 2.14. The molecule has 0 unspecified atom stereocenters. The van der Waals surface area contributed by atoms with E-state index in [-0.39, 0.29) is 9.52 Å². The Morgan fingerprint density at radius 1 is 1.33 bits per heavy atom. The van der Waals surface area contributed by atoms with Crippen molar-refractivity contribution >= 4 is 9.52 Å². The van der Waals surface area contributed by atoms with Gasteiger partial charge in [0.25, 0.3) is 0 Å². The summed E-state index contributed by atoms with van der Waals surface area (Å²) in [4.78, 5) is 0. The van der Waals surface area contributed by atoms with Gasteiger partial charge >= 0.3 is 0 Å². The highest BCUT2D eigenvalue weighted by Gasteiger charge is 1.89. The molecule has 0 saturated heterocycles. The van der Waals surface area contributed by atoms with Crippen LogP contribution in [0.3, 0.4) is 0 Å². The fourth-order valence-corrected chi connectivity index (χ4v) is 1.41. The minimum atomic E-state index is -0.153. The van der Waals surface area contributed by atoms with Crippen molar-refractivity contribution in [2.24, 2.45) is 0 Å². The minimum Gasteiger partial charge on any atom is -0.380 e. The van der Waals surface area contributed by atoms with Crippen LogP contribution in [-0.2, 0) is 11.3 Å². The SMILES string of the molecule is C=C[SiH2]COCc1ccccc1. The number of benzene rings is 1. The first-order valence-corrected chi connectivity index (χ1v) is 5.97. The van der Waals surface area contributed by atoms with Gasteiger partial charge in [-0.1, -0.05) is 30.3 Å². The van der Waals surface area contributed by atoms with Crippen LogP contribution in [0.25, 0.3) is 0 Å². The number of hydrogen-bond acceptors (Lipinski definition) is 1. The van der Waals surface area contributed by atoms with Crippen LogP contribution in [0, 0.1) is 0 Å². The third-order valence-electron chi connectivity index (χ3n) is 1.58. The Kier molecular flexibility index (Phi) is 4.42. The molecule has 0 aliphatic rings. The molecule has 0 radical (unpaired) electrons. The van der Waals surface area contributed by atoms with Gasteiger partial charge in [-0.25, -0.2) is 0 Å². The molecule has 2 heteroatoms. The molecule has 0 amide bonds. The zero-order valence-corrected chi connectivity index (χ0v) is 8.61. The van der Waals surface area contributed by atoms with Crippen molar-refractivity contribution in [2.75, 3.05) is 6.23 Å². The fraction of sp³-hybridized carbons (Fsp3) is 0.200. The van der Waals surface area contributed by atoms with Gasteiger partial charge in [0, 0.05) is 6.23 Å². The molecule has 1 rings (SSSR count). The fourth-order valence-electron chi connectivity index (χ4n) is 0.931. The number of ether oxygens (including phenoxy) is 1. The number of rotatable bonds is 5. The van der Waals surface area contributed by atoms with E-state index in [9.17, 15) is 0 Å². The van der Waals surface area contributed by atoms with E-state index in [1.165, 1.54) is 5.56 Å². The van der Waals surface area contributed by atoms with Gasteiger partial charge in [-0.3, -0.25) is 0 Å². The molecule has 0 saturated carbocycles. The molecule has 0 heterocycles. The lowest BCUT2D eigenvalue weighted by atomic mass is 10.2. The molecule has 0 N–H and O–H groups in total. The van der Waals surface area contributed by atoms with Crippen LogP contribution in [0.15, 0.2) is 42.6 Å². The monoisotopic (exact) mass is 178 g/mol. The maximum atomic E-state index is 5.45. The summed E-state index contributed by atoms with van der Waals surface area (Å²) in [7, 11) is -0.153. The predicted molar refractivity (Wildman–Crippen MR) is 54.8 cm³/mol. The lowest BCUT2D eigenvalue weighted by Gasteiger charge is -2.01. The van der Waals surface area contributed by atoms with Crippen molar-refractivity contribution < 1.29 is 4.74 Å². The summed E-state index contributed by atoms with van der Waals surface area (Å²) >= 11 is 0. The average molecular weight is 178 g/mol. The van der Waals surface area contributed by atoms with Gasteiger partial charge < -0.3 is 4.74 Å². The van der Waals surface area contributed by atoms with Crippen LogP contribution in [0.2, 0.25) is 0 Å². The normalized spacial score (nSPS) is 10.7. The Hall–Kier alpha value is -0.863. The Balaban J connectivity index is 2.20. The summed E-state index contributed by atoms with van der Waals surface area (Å²) in [6, 6.07) is 10.2. The van der Waals surface area contributed by atoms with E-state index in [1.807, 2.05) is 23.9 Å². The van der Waals surface area contributed by atoms with Crippen molar-refractivity contribution in [2.45, 2.75) is 6.61 Å². The van der Waals surface area contributed by atoms with Gasteiger partial charge in [-0.2, -0.15) is 0 Å². The topological polar surface area (TPSA) is 9.23 Å². The predicted octanol–water partition coefficient (Wildman–Crippen LogP) is 1.47. The van der Waals surface area contributed by atoms with Gasteiger partial charge in [0.1, 0.15) is 0 Å². The van der Waals surface area contributed by atoms with E-state index >= 15 is 0 Å². The van der Waals surface area contributed by atoms with Gasteiger partial charge in [0.2, 0.25) is 0 Å². The Morgan fingerprint density at radius 2 is 2.08 bits per heavy atom. The Morgan fingerprint density at radius 3 is 2.75 bits per heavy atom. The lowest BCUT2D eigenvalue weighted by Crippen LogP contribution is -2.00. The smallest absolute Gasteiger partial charge is 0.0749 e. The molecule has 1 aromatic carbocycles. The first kappa shape index (κ1) is 9.23. The molecule has 0 spiro atoms. The Bertz CT molecular complexity index is 221. The molecule has 0 aromatic heterocycles. The highest BCUT2D eigenvalue weighted by atomic mass is 28.2. The summed E-state index contributed by atoms with van der Waals surface area (Å²) in [5.74, 6) is 0. The van der Waals surface area contributed by atoms with E-state index < -0.39 is 0 Å². The highest BCUT2D eigenvalue weighted by Crippen LogP contribution is 1.99. The molecule has 0 aliphatic heterocycles. The third kappa shape index (κ3) is 3.51. The van der Waals surface area contributed by atoms with E-state index in [1.54, 1.807) is 0 Å². The van der Waals surface area contributed by atoms with Gasteiger partial charge in [-0.05, 0) is 5.56 Å². The summed E-state index contributed by atoms with van der Waals surface area (Å²) in [5, 5.41) is 0. The zero-order valence-electron chi connectivity index (χ0n) is 7.20. The van der Waals surface area contributed by atoms with Crippen LogP contribution in [0.5, 0.6) is 0 Å². The molecule has 64 valence electrons. The van der Waals surface area contributed by atoms with Gasteiger partial charge in [-0.15, -0.1) is 12.3 Å². The second kappa shape index (κ2) is 5.74. The molecule has 0 bridgehead atoms. The third-order valence-corrected chi connectivity index (χ3v) is 2.51. The van der Waals surface area contributed by atoms with E-state index in [4.69, 9.17) is 4.74 Å². The Labute approximate surface area is 75.9 Å². The summed E-state index contributed by atoms with van der Waals surface area (Å²) < 4.78 is 5.45. The molecule has 12 heavy (non-hydrogen) atoms. The largest absolute Gasteiger partial charge is 0.380 e. The summed E-state index contributed by atoms with van der Waals surface area (Å²) in [6.45, 7) is 4.42. The standard InChI is InChI=1S/C10H14OSi/c1-2-12-9-11-8-10-6-4-3-5-7-10/h2-7H,1,8-9,12H2. The molecule has 0 aliphatic carbocycles. The van der Waals surface area contributed by atoms with Crippen LogP contribution >= 0.6 is 0 Å². The quantitative estimate of drug-likeness (QED) is 0.490. The second-order valence-corrected chi connectivity index (χ2v) is 4.18. The molecule has 0 atom stereocenters. The summed E-state index contributed by atoms with van der Waals surface area (Å²) in [5.41, 5.74) is 3.25. The second-order valence-electron chi connectivity index (χ2n) is 2.62. The molecule has 0 fully saturated rings. The minimum absolute atomic E-state index is 0.153. The maximum Gasteiger partial charge on any atom is 0.0749 e. The van der Waals surface area contributed by atoms with E-state index in [0.717, 1.165) is 12.8 Å². The van der Waals surface area contributed by atoms with Crippen molar-refractivity contribution in [1.82, 2.24) is 0 Å². The number of hydrogen-bond donors (Lipinski definition) is 0. The molecule has 1 nitrogen and oxygen atoms in total. The van der Waals surface area contributed by atoms with Gasteiger partial charge in [0.05, 0.1) is 16.1 Å². The van der Waals surface area contributed by atoms with Crippen molar-refractivity contribution in [1.29, 1.82) is 0 Å². The molecular weight excluding hydrogens is 164 g/mol. The first-order chi connectivity index (χ1) is 5.93. The van der Waals surface area contributed by atoms with Crippen LogP contribution in [0.4, 0.5) is 0 Å². The maximum absolute atomic E-state index is 5.45. The highest BCUT2D eigenvalue weighted by molar-refractivity contribution is 6.41. The summed E-state index contributed by atoms with van der Waals surface area (Å²) in [6.07, 6.45) is 0.901. The zero-order chi connectivity index (χ0) is 8.65. The lowest BCUT2D eigenvalue weighted by molar-refractivity contribution is 0.164. The van der Waals surface area contributed by atoms with Crippen LogP contribution in [0.1, 0.15) is 5.56 Å². The van der Waals surface area contributed by atoms with Crippen molar-refractivity contribution in [3.8, 4) is 0 Å². The molecule has 1 aromatic rings. The first-order valence-electron chi connectivity index (χ1n) is 4.16.